The molecule has 0 unspecified atom stereocenters. The Morgan fingerprint density at radius 1 is 1.29 bits per heavy atom. The van der Waals surface area contributed by atoms with Gasteiger partial charge in [0.25, 0.3) is 5.91 Å². The van der Waals surface area contributed by atoms with Crippen LogP contribution in [0.5, 0.6) is 0 Å². The highest BCUT2D eigenvalue weighted by molar-refractivity contribution is 6.08. The molecule has 0 aromatic heterocycles. The van der Waals surface area contributed by atoms with Gasteiger partial charge in [0.15, 0.2) is 0 Å². The minimum absolute atomic E-state index is 0.143. The predicted octanol–water partition coefficient (Wildman–Crippen LogP) is 1.48. The summed E-state index contributed by atoms with van der Waals surface area (Å²) in [7, 11) is 1.30. The van der Waals surface area contributed by atoms with E-state index in [1.165, 1.54) is 12.0 Å². The van der Waals surface area contributed by atoms with Crippen LogP contribution in [-0.4, -0.2) is 48.7 Å². The van der Waals surface area contributed by atoms with Crippen LogP contribution < -0.4 is 5.32 Å². The number of anilines is 1. The van der Waals surface area contributed by atoms with E-state index >= 15 is 0 Å². The first-order valence-corrected chi connectivity index (χ1v) is 8.16. The van der Waals surface area contributed by atoms with Gasteiger partial charge in [-0.15, -0.1) is 0 Å². The van der Waals surface area contributed by atoms with E-state index in [1.54, 1.807) is 0 Å². The first kappa shape index (κ1) is 18.0. The van der Waals surface area contributed by atoms with E-state index < -0.39 is 5.97 Å². The summed E-state index contributed by atoms with van der Waals surface area (Å²) >= 11 is 0. The third kappa shape index (κ3) is 3.43. The van der Waals surface area contributed by atoms with Gasteiger partial charge in [-0.1, -0.05) is 32.0 Å². The Kier molecular flexibility index (Phi) is 5.98. The second kappa shape index (κ2) is 7.97. The molecule has 0 aliphatic carbocycles. The highest BCUT2D eigenvalue weighted by Crippen LogP contribution is 2.28. The lowest BCUT2D eigenvalue weighted by atomic mass is 10.0. The molecule has 1 heterocycles. The number of hydrogen-bond donors (Lipinski definition) is 2. The summed E-state index contributed by atoms with van der Waals surface area (Å²) in [6.07, 6.45) is 1.62. The first-order valence-electron chi connectivity index (χ1n) is 8.16. The summed E-state index contributed by atoms with van der Waals surface area (Å²) in [4.78, 5) is 26.1. The Bertz CT molecular complexity index is 645. The van der Waals surface area contributed by atoms with E-state index in [9.17, 15) is 9.59 Å². The van der Waals surface area contributed by atoms with Gasteiger partial charge in [0, 0.05) is 12.2 Å². The summed E-state index contributed by atoms with van der Waals surface area (Å²) in [6.45, 7) is 4.26. The minimum Gasteiger partial charge on any atom is -0.466 e. The van der Waals surface area contributed by atoms with Gasteiger partial charge in [0.2, 0.25) is 0 Å². The van der Waals surface area contributed by atoms with Gasteiger partial charge < -0.3 is 20.1 Å². The SMILES string of the molecule is CCc1cccc(CC)c1NC1=C(C(=O)OC)CN(CCO)C1=O. The molecule has 1 aliphatic rings. The number of para-hydroxylation sites is 1. The third-order valence-electron chi connectivity index (χ3n) is 4.20. The molecule has 1 amide bonds. The smallest absolute Gasteiger partial charge is 0.337 e. The normalized spacial score (nSPS) is 14.3. The first-order chi connectivity index (χ1) is 11.6. The number of carbonyl (C=O) groups excluding carboxylic acids is 2. The molecule has 0 bridgehead atoms. The molecule has 24 heavy (non-hydrogen) atoms. The zero-order valence-electron chi connectivity index (χ0n) is 14.4. The van der Waals surface area contributed by atoms with Gasteiger partial charge in [-0.05, 0) is 24.0 Å². The van der Waals surface area contributed by atoms with Crippen molar-refractivity contribution < 1.29 is 19.4 Å². The maximum Gasteiger partial charge on any atom is 0.337 e. The van der Waals surface area contributed by atoms with Crippen molar-refractivity contribution in [1.29, 1.82) is 0 Å². The second-order valence-corrected chi connectivity index (χ2v) is 5.58. The lowest BCUT2D eigenvalue weighted by Crippen LogP contribution is -2.31. The molecule has 0 atom stereocenters. The Hall–Kier alpha value is -2.34. The van der Waals surface area contributed by atoms with E-state index in [0.29, 0.717) is 5.57 Å². The number of ether oxygens (including phenoxy) is 1. The highest BCUT2D eigenvalue weighted by Gasteiger charge is 2.34. The minimum atomic E-state index is -0.529. The largest absolute Gasteiger partial charge is 0.466 e. The van der Waals surface area contributed by atoms with Gasteiger partial charge in [-0.25, -0.2) is 4.79 Å². The monoisotopic (exact) mass is 332 g/mol. The summed E-state index contributed by atoms with van der Waals surface area (Å²) in [5.41, 5.74) is 3.58. The molecule has 0 fully saturated rings. The van der Waals surface area contributed by atoms with Gasteiger partial charge in [0.05, 0.1) is 25.8 Å². The average Bonchev–Trinajstić information content (AvgIpc) is 2.91. The van der Waals surface area contributed by atoms with E-state index in [4.69, 9.17) is 9.84 Å². The van der Waals surface area contributed by atoms with Crippen molar-refractivity contribution in [3.63, 3.8) is 0 Å². The summed E-state index contributed by atoms with van der Waals surface area (Å²) in [5.74, 6) is -0.823. The average molecular weight is 332 g/mol. The van der Waals surface area contributed by atoms with E-state index in [0.717, 1.165) is 29.7 Å². The molecule has 0 saturated heterocycles. The molecule has 6 heteroatoms. The standard InChI is InChI=1S/C18H24N2O4/c1-4-12-7-6-8-13(5-2)15(12)19-16-14(18(23)24-3)11-20(9-10-21)17(16)22/h6-8,19,21H,4-5,9-11H2,1-3H3. The molecule has 130 valence electrons. The van der Waals surface area contributed by atoms with Crippen LogP contribution in [0.1, 0.15) is 25.0 Å². The summed E-state index contributed by atoms with van der Waals surface area (Å²) < 4.78 is 4.81. The Morgan fingerprint density at radius 3 is 2.42 bits per heavy atom. The van der Waals surface area contributed by atoms with Gasteiger partial charge >= 0.3 is 5.97 Å². The van der Waals surface area contributed by atoms with Crippen molar-refractivity contribution in [3.8, 4) is 0 Å². The topological polar surface area (TPSA) is 78.9 Å². The number of amides is 1. The number of carbonyl (C=O) groups is 2. The molecule has 2 N–H and O–H groups in total. The van der Waals surface area contributed by atoms with Crippen molar-refractivity contribution in [1.82, 2.24) is 4.90 Å². The van der Waals surface area contributed by atoms with Crippen LogP contribution in [0, 0.1) is 0 Å². The number of esters is 1. The number of benzene rings is 1. The maximum atomic E-state index is 12.6. The van der Waals surface area contributed by atoms with Crippen LogP contribution >= 0.6 is 0 Å². The van der Waals surface area contributed by atoms with Crippen molar-refractivity contribution in [3.05, 3.63) is 40.6 Å². The number of aryl methyl sites for hydroxylation is 2. The molecular formula is C18H24N2O4. The number of methoxy groups -OCH3 is 1. The summed E-state index contributed by atoms with van der Waals surface area (Å²) in [5, 5.41) is 12.3. The second-order valence-electron chi connectivity index (χ2n) is 5.58. The lowest BCUT2D eigenvalue weighted by molar-refractivity contribution is -0.136. The van der Waals surface area contributed by atoms with Crippen molar-refractivity contribution in [2.45, 2.75) is 26.7 Å². The van der Waals surface area contributed by atoms with Crippen LogP contribution in [-0.2, 0) is 27.2 Å². The quantitative estimate of drug-likeness (QED) is 0.740. The number of aliphatic hydroxyl groups excluding tert-OH is 1. The predicted molar refractivity (Wildman–Crippen MR) is 91.5 cm³/mol. The molecular weight excluding hydrogens is 308 g/mol. The molecule has 0 saturated carbocycles. The van der Waals surface area contributed by atoms with E-state index in [2.05, 4.69) is 5.32 Å². The van der Waals surface area contributed by atoms with Gasteiger partial charge in [-0.2, -0.15) is 0 Å². The fourth-order valence-corrected chi connectivity index (χ4v) is 2.88. The summed E-state index contributed by atoms with van der Waals surface area (Å²) in [6, 6.07) is 6.00. The molecule has 1 aromatic rings. The number of hydrogen-bond acceptors (Lipinski definition) is 5. The fourth-order valence-electron chi connectivity index (χ4n) is 2.88. The third-order valence-corrected chi connectivity index (χ3v) is 4.20. The Labute approximate surface area is 142 Å². The van der Waals surface area contributed by atoms with E-state index in [1.807, 2.05) is 32.0 Å². The molecule has 0 spiro atoms. The van der Waals surface area contributed by atoms with Crippen LogP contribution in [0.3, 0.4) is 0 Å². The lowest BCUT2D eigenvalue weighted by Gasteiger charge is -2.18. The number of nitrogens with one attached hydrogen (secondary N) is 1. The number of rotatable bonds is 7. The van der Waals surface area contributed by atoms with E-state index in [-0.39, 0.29) is 31.3 Å². The maximum absolute atomic E-state index is 12.6. The molecule has 1 aromatic carbocycles. The number of nitrogens with zero attached hydrogens (tertiary/aromatic N) is 1. The Balaban J connectivity index is 2.44. The molecule has 1 aliphatic heterocycles. The number of aliphatic hydroxyl groups is 1. The zero-order valence-corrected chi connectivity index (χ0v) is 14.4. The van der Waals surface area contributed by atoms with Crippen molar-refractivity contribution in [2.24, 2.45) is 0 Å². The van der Waals surface area contributed by atoms with Crippen molar-refractivity contribution in [2.75, 3.05) is 32.1 Å². The van der Waals surface area contributed by atoms with Crippen LogP contribution in [0.15, 0.2) is 29.5 Å². The van der Waals surface area contributed by atoms with Crippen LogP contribution in [0.25, 0.3) is 0 Å². The number of β-amino-alcohol motifs (C(OH)–C–C–N with tert-alkyl or cyclic N) is 1. The highest BCUT2D eigenvalue weighted by atomic mass is 16.5. The van der Waals surface area contributed by atoms with Crippen LogP contribution in [0.4, 0.5) is 5.69 Å². The zero-order chi connectivity index (χ0) is 17.7. The molecule has 0 radical (unpaired) electrons. The van der Waals surface area contributed by atoms with Crippen molar-refractivity contribution >= 4 is 17.6 Å². The van der Waals surface area contributed by atoms with Gasteiger partial charge in [0.1, 0.15) is 5.70 Å². The van der Waals surface area contributed by atoms with Crippen LogP contribution in [0.2, 0.25) is 0 Å². The molecule has 6 nitrogen and oxygen atoms in total. The fraction of sp³-hybridized carbons (Fsp3) is 0.444. The Morgan fingerprint density at radius 2 is 1.92 bits per heavy atom. The van der Waals surface area contributed by atoms with Gasteiger partial charge in [-0.3, -0.25) is 4.79 Å². The molecule has 2 rings (SSSR count).